The van der Waals surface area contributed by atoms with Gasteiger partial charge in [-0.1, -0.05) is 0 Å². The molecule has 12 heavy (non-hydrogen) atoms. The number of fused-ring (bicyclic) bond motifs is 1. The summed E-state index contributed by atoms with van der Waals surface area (Å²) >= 11 is 0. The van der Waals surface area contributed by atoms with Crippen LogP contribution in [0, 0.1) is 23.2 Å². The third kappa shape index (κ3) is 1.33. The smallest absolute Gasteiger partial charge is 0.0635 e. The van der Waals surface area contributed by atoms with Gasteiger partial charge in [0.2, 0.25) is 0 Å². The minimum atomic E-state index is 0.645. The van der Waals surface area contributed by atoms with E-state index in [1.54, 1.807) is 0 Å². The molecule has 1 aliphatic carbocycles. The zero-order chi connectivity index (χ0) is 8.55. The van der Waals surface area contributed by atoms with E-state index in [1.807, 2.05) is 0 Å². The number of piperidine rings is 1. The molecule has 0 radical (unpaired) electrons. The highest BCUT2D eigenvalue weighted by Crippen LogP contribution is 2.44. The SMILES string of the molecule is CN1C[C@@H]2[C@H](C1)[C@H]2NCCC#N. The van der Waals surface area contributed by atoms with Crippen molar-refractivity contribution in [3.05, 3.63) is 0 Å². The number of nitrogens with one attached hydrogen (secondary N) is 1. The molecule has 0 aromatic carbocycles. The molecule has 2 aliphatic rings. The normalized spacial score (nSPS) is 39.2. The Morgan fingerprint density at radius 3 is 2.75 bits per heavy atom. The van der Waals surface area contributed by atoms with Gasteiger partial charge in [0.25, 0.3) is 0 Å². The minimum absolute atomic E-state index is 0.645. The van der Waals surface area contributed by atoms with E-state index < -0.39 is 0 Å². The van der Waals surface area contributed by atoms with Gasteiger partial charge in [-0.3, -0.25) is 0 Å². The Hall–Kier alpha value is -0.590. The van der Waals surface area contributed by atoms with Crippen molar-refractivity contribution in [2.45, 2.75) is 12.5 Å². The Bertz CT molecular complexity index is 196. The lowest BCUT2D eigenvalue weighted by molar-refractivity contribution is 0.349. The monoisotopic (exact) mass is 165 g/mol. The Morgan fingerprint density at radius 2 is 2.17 bits per heavy atom. The Morgan fingerprint density at radius 1 is 1.50 bits per heavy atom. The van der Waals surface area contributed by atoms with Gasteiger partial charge in [-0.05, 0) is 18.9 Å². The third-order valence-electron chi connectivity index (χ3n) is 2.99. The molecule has 0 bridgehead atoms. The summed E-state index contributed by atoms with van der Waals surface area (Å²) in [7, 11) is 2.18. The van der Waals surface area contributed by atoms with Crippen molar-refractivity contribution in [1.29, 1.82) is 5.26 Å². The van der Waals surface area contributed by atoms with Crippen molar-refractivity contribution < 1.29 is 0 Å². The first kappa shape index (κ1) is 8.03. The predicted molar refractivity (Wildman–Crippen MR) is 46.5 cm³/mol. The van der Waals surface area contributed by atoms with Crippen molar-refractivity contribution in [1.82, 2.24) is 10.2 Å². The topological polar surface area (TPSA) is 39.1 Å². The summed E-state index contributed by atoms with van der Waals surface area (Å²) in [6.45, 7) is 3.36. The third-order valence-corrected chi connectivity index (χ3v) is 2.99. The summed E-state index contributed by atoms with van der Waals surface area (Å²) in [5.74, 6) is 1.77. The molecule has 2 fully saturated rings. The second-order valence-corrected chi connectivity index (χ2v) is 3.94. The van der Waals surface area contributed by atoms with E-state index >= 15 is 0 Å². The first-order valence-electron chi connectivity index (χ1n) is 4.62. The van der Waals surface area contributed by atoms with E-state index in [9.17, 15) is 0 Å². The van der Waals surface area contributed by atoms with Crippen LogP contribution in [0.25, 0.3) is 0 Å². The molecule has 1 aliphatic heterocycles. The highest BCUT2D eigenvalue weighted by atomic mass is 15.2. The maximum Gasteiger partial charge on any atom is 0.0635 e. The average molecular weight is 165 g/mol. The van der Waals surface area contributed by atoms with Crippen molar-refractivity contribution in [2.24, 2.45) is 11.8 Å². The molecule has 1 N–H and O–H groups in total. The van der Waals surface area contributed by atoms with Crippen molar-refractivity contribution in [3.8, 4) is 6.07 Å². The van der Waals surface area contributed by atoms with Gasteiger partial charge in [-0.25, -0.2) is 0 Å². The van der Waals surface area contributed by atoms with Crippen LogP contribution in [-0.4, -0.2) is 37.6 Å². The number of nitrogens with zero attached hydrogens (tertiary/aromatic N) is 2. The lowest BCUT2D eigenvalue weighted by atomic mass is 10.4. The molecule has 3 atom stereocenters. The Labute approximate surface area is 73.3 Å². The fraction of sp³-hybridized carbons (Fsp3) is 0.889. The number of nitriles is 1. The van der Waals surface area contributed by atoms with Crippen LogP contribution in [0.4, 0.5) is 0 Å². The van der Waals surface area contributed by atoms with Crippen LogP contribution in [-0.2, 0) is 0 Å². The average Bonchev–Trinajstić information content (AvgIpc) is 2.53. The van der Waals surface area contributed by atoms with Gasteiger partial charge in [0.05, 0.1) is 6.07 Å². The molecule has 3 heteroatoms. The molecule has 0 aromatic rings. The fourth-order valence-electron chi connectivity index (χ4n) is 2.33. The first-order valence-corrected chi connectivity index (χ1v) is 4.62. The Balaban J connectivity index is 1.66. The van der Waals surface area contributed by atoms with Crippen LogP contribution >= 0.6 is 0 Å². The van der Waals surface area contributed by atoms with Gasteiger partial charge >= 0.3 is 0 Å². The van der Waals surface area contributed by atoms with Crippen LogP contribution in [0.15, 0.2) is 0 Å². The molecule has 0 aromatic heterocycles. The summed E-state index contributed by atoms with van der Waals surface area (Å²) in [6, 6.07) is 2.88. The molecule has 66 valence electrons. The van der Waals surface area contributed by atoms with E-state index in [4.69, 9.17) is 5.26 Å². The maximum atomic E-state index is 8.35. The molecule has 0 unspecified atom stereocenters. The molecule has 0 spiro atoms. The largest absolute Gasteiger partial charge is 0.312 e. The zero-order valence-corrected chi connectivity index (χ0v) is 7.45. The van der Waals surface area contributed by atoms with Crippen LogP contribution in [0.1, 0.15) is 6.42 Å². The number of rotatable bonds is 3. The number of hydrogen-bond donors (Lipinski definition) is 1. The van der Waals surface area contributed by atoms with E-state index in [0.29, 0.717) is 6.42 Å². The van der Waals surface area contributed by atoms with Gasteiger partial charge in [0, 0.05) is 32.1 Å². The summed E-state index contributed by atoms with van der Waals surface area (Å²) in [5, 5.41) is 11.8. The minimum Gasteiger partial charge on any atom is -0.312 e. The predicted octanol–water partition coefficient (Wildman–Crippen LogP) is 0.0497. The summed E-state index contributed by atoms with van der Waals surface area (Å²) in [4.78, 5) is 2.39. The van der Waals surface area contributed by atoms with Gasteiger partial charge < -0.3 is 10.2 Å². The molecule has 1 saturated carbocycles. The van der Waals surface area contributed by atoms with E-state index in [-0.39, 0.29) is 0 Å². The summed E-state index contributed by atoms with van der Waals surface area (Å²) < 4.78 is 0. The van der Waals surface area contributed by atoms with Crippen LogP contribution in [0.5, 0.6) is 0 Å². The zero-order valence-electron chi connectivity index (χ0n) is 7.45. The second kappa shape index (κ2) is 3.04. The Kier molecular flexibility index (Phi) is 2.03. The van der Waals surface area contributed by atoms with Crippen molar-refractivity contribution >= 4 is 0 Å². The van der Waals surface area contributed by atoms with Crippen molar-refractivity contribution in [3.63, 3.8) is 0 Å². The highest BCUT2D eigenvalue weighted by Gasteiger charge is 2.54. The second-order valence-electron chi connectivity index (χ2n) is 3.94. The molecular formula is C9H15N3. The lowest BCUT2D eigenvalue weighted by Crippen LogP contribution is -2.29. The maximum absolute atomic E-state index is 8.35. The van der Waals surface area contributed by atoms with E-state index in [0.717, 1.165) is 24.4 Å². The van der Waals surface area contributed by atoms with Crippen molar-refractivity contribution in [2.75, 3.05) is 26.7 Å². The van der Waals surface area contributed by atoms with Gasteiger partial charge in [0.15, 0.2) is 0 Å². The van der Waals surface area contributed by atoms with Crippen LogP contribution in [0.3, 0.4) is 0 Å². The van der Waals surface area contributed by atoms with Crippen LogP contribution < -0.4 is 5.32 Å². The van der Waals surface area contributed by atoms with Gasteiger partial charge in [0.1, 0.15) is 0 Å². The molecule has 3 nitrogen and oxygen atoms in total. The molecule has 1 heterocycles. The first-order chi connectivity index (χ1) is 5.83. The van der Waals surface area contributed by atoms with Gasteiger partial charge in [-0.2, -0.15) is 5.26 Å². The molecular weight excluding hydrogens is 150 g/mol. The van der Waals surface area contributed by atoms with Gasteiger partial charge in [-0.15, -0.1) is 0 Å². The summed E-state index contributed by atoms with van der Waals surface area (Å²) in [5.41, 5.74) is 0. The van der Waals surface area contributed by atoms with E-state index in [1.165, 1.54) is 13.1 Å². The quantitative estimate of drug-likeness (QED) is 0.601. The lowest BCUT2D eigenvalue weighted by Gasteiger charge is -2.12. The molecule has 1 saturated heterocycles. The van der Waals surface area contributed by atoms with Crippen LogP contribution in [0.2, 0.25) is 0 Å². The fourth-order valence-corrected chi connectivity index (χ4v) is 2.33. The van der Waals surface area contributed by atoms with E-state index in [2.05, 4.69) is 23.3 Å². The standard InChI is InChI=1S/C9H15N3/c1-12-5-7-8(6-12)9(7)11-4-2-3-10/h7-9,11H,2,4-6H2,1H3/t7-,8+,9+. The number of hydrogen-bond acceptors (Lipinski definition) is 3. The summed E-state index contributed by atoms with van der Waals surface area (Å²) in [6.07, 6.45) is 0.645. The highest BCUT2D eigenvalue weighted by molar-refractivity contribution is 5.09. The number of likely N-dealkylation sites (tertiary alicyclic amines) is 1. The molecule has 0 amide bonds. The molecule has 2 rings (SSSR count).